The molecule has 72 valence electrons. The standard InChI is InChI=1S/C8H12N2O2S/c1-13-8(3-2-4-8)5-6(11)10-7(9)12-5/h5H,2-4H2,1H3,(H2,9,10,11). The first-order chi connectivity index (χ1) is 6.18. The smallest absolute Gasteiger partial charge is 0.292 e. The molecule has 2 aliphatic rings. The molecule has 1 fully saturated rings. The van der Waals surface area contributed by atoms with Gasteiger partial charge in [-0.3, -0.25) is 4.79 Å². The van der Waals surface area contributed by atoms with Crippen LogP contribution in [0, 0.1) is 0 Å². The summed E-state index contributed by atoms with van der Waals surface area (Å²) < 4.78 is 5.18. The highest BCUT2D eigenvalue weighted by atomic mass is 32.2. The molecule has 0 bridgehead atoms. The Labute approximate surface area is 80.9 Å². The molecule has 4 nitrogen and oxygen atoms in total. The van der Waals surface area contributed by atoms with Gasteiger partial charge in [-0.15, -0.1) is 0 Å². The van der Waals surface area contributed by atoms with Gasteiger partial charge in [-0.1, -0.05) is 6.42 Å². The van der Waals surface area contributed by atoms with Crippen LogP contribution < -0.4 is 5.73 Å². The maximum absolute atomic E-state index is 11.4. The molecule has 1 aliphatic carbocycles. The van der Waals surface area contributed by atoms with E-state index in [1.165, 1.54) is 0 Å². The van der Waals surface area contributed by atoms with Crippen LogP contribution in [0.4, 0.5) is 0 Å². The van der Waals surface area contributed by atoms with Crippen LogP contribution in [0.2, 0.25) is 0 Å². The molecule has 0 aromatic rings. The number of nitrogens with two attached hydrogens (primary N) is 1. The van der Waals surface area contributed by atoms with Gasteiger partial charge in [-0.2, -0.15) is 16.8 Å². The molecular weight excluding hydrogens is 188 g/mol. The van der Waals surface area contributed by atoms with E-state index in [0.29, 0.717) is 0 Å². The summed E-state index contributed by atoms with van der Waals surface area (Å²) in [5.41, 5.74) is 5.34. The van der Waals surface area contributed by atoms with Crippen molar-refractivity contribution in [2.75, 3.05) is 6.26 Å². The first-order valence-electron chi connectivity index (χ1n) is 4.28. The van der Waals surface area contributed by atoms with Crippen LogP contribution in [0.3, 0.4) is 0 Å². The number of aliphatic imine (C=N–C) groups is 1. The molecule has 1 atom stereocenters. The number of nitrogens with zero attached hydrogens (tertiary/aromatic N) is 1. The fourth-order valence-corrected chi connectivity index (χ4v) is 2.86. The van der Waals surface area contributed by atoms with E-state index in [0.717, 1.165) is 19.3 Å². The van der Waals surface area contributed by atoms with Gasteiger partial charge < -0.3 is 10.5 Å². The summed E-state index contributed by atoms with van der Waals surface area (Å²) in [6.07, 6.45) is 4.77. The molecule has 13 heavy (non-hydrogen) atoms. The second kappa shape index (κ2) is 2.90. The second-order valence-electron chi connectivity index (χ2n) is 3.41. The van der Waals surface area contributed by atoms with Gasteiger partial charge in [0.05, 0.1) is 4.75 Å². The van der Waals surface area contributed by atoms with Crippen LogP contribution in [-0.4, -0.2) is 29.0 Å². The van der Waals surface area contributed by atoms with Crippen molar-refractivity contribution in [3.05, 3.63) is 0 Å². The van der Waals surface area contributed by atoms with Gasteiger partial charge in [0.1, 0.15) is 0 Å². The zero-order valence-electron chi connectivity index (χ0n) is 7.45. The largest absolute Gasteiger partial charge is 0.450 e. The quantitative estimate of drug-likeness (QED) is 0.705. The van der Waals surface area contributed by atoms with Crippen LogP contribution in [0.15, 0.2) is 4.99 Å². The molecule has 1 unspecified atom stereocenters. The minimum Gasteiger partial charge on any atom is -0.450 e. The van der Waals surface area contributed by atoms with Gasteiger partial charge in [-0.05, 0) is 19.1 Å². The third-order valence-corrected chi connectivity index (χ3v) is 4.20. The normalized spacial score (nSPS) is 30.7. The molecule has 2 rings (SSSR count). The minimum absolute atomic E-state index is 0.0234. The van der Waals surface area contributed by atoms with Crippen molar-refractivity contribution in [3.63, 3.8) is 0 Å². The molecule has 0 aromatic carbocycles. The van der Waals surface area contributed by atoms with Gasteiger partial charge >= 0.3 is 0 Å². The Hall–Kier alpha value is -0.710. The number of carbonyl (C=O) groups excluding carboxylic acids is 1. The van der Waals surface area contributed by atoms with Crippen molar-refractivity contribution in [2.45, 2.75) is 30.1 Å². The molecule has 1 heterocycles. The Morgan fingerprint density at radius 3 is 2.69 bits per heavy atom. The molecule has 1 saturated carbocycles. The predicted molar refractivity (Wildman–Crippen MR) is 51.6 cm³/mol. The minimum atomic E-state index is -0.434. The van der Waals surface area contributed by atoms with Gasteiger partial charge in [0.25, 0.3) is 11.9 Å². The molecule has 1 amide bonds. The molecule has 1 aliphatic heterocycles. The zero-order chi connectivity index (χ0) is 9.47. The fourth-order valence-electron chi connectivity index (χ4n) is 1.80. The SMILES string of the molecule is CSC1(C2OC(N)=NC2=O)CCC1. The van der Waals surface area contributed by atoms with Gasteiger partial charge in [0.2, 0.25) is 0 Å². The lowest BCUT2D eigenvalue weighted by molar-refractivity contribution is -0.125. The van der Waals surface area contributed by atoms with E-state index in [-0.39, 0.29) is 16.7 Å². The lowest BCUT2D eigenvalue weighted by Gasteiger charge is -2.42. The molecule has 0 saturated heterocycles. The van der Waals surface area contributed by atoms with Gasteiger partial charge in [0.15, 0.2) is 6.10 Å². The first kappa shape index (κ1) is 8.87. The van der Waals surface area contributed by atoms with Crippen molar-refractivity contribution in [1.29, 1.82) is 0 Å². The molecule has 5 heteroatoms. The zero-order valence-corrected chi connectivity index (χ0v) is 8.26. The molecule has 0 spiro atoms. The number of rotatable bonds is 2. The highest BCUT2D eigenvalue weighted by Crippen LogP contribution is 2.47. The fraction of sp³-hybridized carbons (Fsp3) is 0.750. The average Bonchev–Trinajstić information content (AvgIpc) is 2.30. The van der Waals surface area contributed by atoms with Crippen molar-refractivity contribution in [1.82, 2.24) is 0 Å². The second-order valence-corrected chi connectivity index (χ2v) is 4.63. The van der Waals surface area contributed by atoms with Crippen molar-refractivity contribution >= 4 is 23.7 Å². The molecule has 0 aromatic heterocycles. The Morgan fingerprint density at radius 1 is 1.69 bits per heavy atom. The highest BCUT2D eigenvalue weighted by Gasteiger charge is 2.51. The third kappa shape index (κ3) is 1.22. The molecule has 2 N–H and O–H groups in total. The number of hydrogen-bond acceptors (Lipinski definition) is 4. The van der Waals surface area contributed by atoms with E-state index in [9.17, 15) is 4.79 Å². The van der Waals surface area contributed by atoms with Gasteiger partial charge in [0, 0.05) is 0 Å². The predicted octanol–water partition coefficient (Wildman–Crippen LogP) is 0.512. The lowest BCUT2D eigenvalue weighted by Crippen LogP contribution is -2.49. The summed E-state index contributed by atoms with van der Waals surface area (Å²) in [6.45, 7) is 0. The number of carbonyl (C=O) groups is 1. The van der Waals surface area contributed by atoms with Crippen LogP contribution in [0.5, 0.6) is 0 Å². The van der Waals surface area contributed by atoms with E-state index >= 15 is 0 Å². The highest BCUT2D eigenvalue weighted by molar-refractivity contribution is 8.00. The Balaban J connectivity index is 2.14. The Morgan fingerprint density at radius 2 is 2.38 bits per heavy atom. The maximum Gasteiger partial charge on any atom is 0.292 e. The van der Waals surface area contributed by atoms with E-state index in [4.69, 9.17) is 10.5 Å². The summed E-state index contributed by atoms with van der Waals surface area (Å²) in [7, 11) is 0. The van der Waals surface area contributed by atoms with Crippen LogP contribution in [-0.2, 0) is 9.53 Å². The summed E-state index contributed by atoms with van der Waals surface area (Å²) >= 11 is 1.69. The van der Waals surface area contributed by atoms with E-state index in [1.54, 1.807) is 11.8 Å². The number of amidine groups is 1. The van der Waals surface area contributed by atoms with E-state index in [2.05, 4.69) is 4.99 Å². The number of amides is 1. The van der Waals surface area contributed by atoms with E-state index in [1.807, 2.05) is 6.26 Å². The van der Waals surface area contributed by atoms with Crippen LogP contribution in [0.25, 0.3) is 0 Å². The monoisotopic (exact) mass is 200 g/mol. The van der Waals surface area contributed by atoms with Crippen molar-refractivity contribution < 1.29 is 9.53 Å². The lowest BCUT2D eigenvalue weighted by atomic mass is 9.79. The maximum atomic E-state index is 11.4. The van der Waals surface area contributed by atoms with Gasteiger partial charge in [-0.25, -0.2) is 0 Å². The first-order valence-corrected chi connectivity index (χ1v) is 5.50. The molecule has 0 radical (unpaired) electrons. The topological polar surface area (TPSA) is 64.7 Å². The summed E-state index contributed by atoms with van der Waals surface area (Å²) in [5, 5.41) is 0. The molecular formula is C8H12N2O2S. The van der Waals surface area contributed by atoms with Crippen LogP contribution >= 0.6 is 11.8 Å². The summed E-state index contributed by atoms with van der Waals surface area (Å²) in [5.74, 6) is -0.216. The van der Waals surface area contributed by atoms with E-state index < -0.39 is 6.10 Å². The Kier molecular flexibility index (Phi) is 1.98. The number of thioether (sulfide) groups is 1. The third-order valence-electron chi connectivity index (χ3n) is 2.77. The summed E-state index contributed by atoms with van der Waals surface area (Å²) in [6, 6.07) is 0.0234. The number of hydrogen-bond donors (Lipinski definition) is 1. The number of ether oxygens (including phenoxy) is 1. The van der Waals surface area contributed by atoms with Crippen LogP contribution in [0.1, 0.15) is 19.3 Å². The van der Waals surface area contributed by atoms with Crippen molar-refractivity contribution in [3.8, 4) is 0 Å². The Bertz CT molecular complexity index is 268. The van der Waals surface area contributed by atoms with Crippen molar-refractivity contribution in [2.24, 2.45) is 10.7 Å². The summed E-state index contributed by atoms with van der Waals surface area (Å²) in [4.78, 5) is 15.0. The average molecular weight is 200 g/mol.